The Hall–Kier alpha value is -0.840. The van der Waals surface area contributed by atoms with E-state index in [4.69, 9.17) is 5.73 Å². The van der Waals surface area contributed by atoms with E-state index in [2.05, 4.69) is 4.99 Å². The summed E-state index contributed by atoms with van der Waals surface area (Å²) in [6.45, 7) is 0. The first-order valence-corrected chi connectivity index (χ1v) is 3.11. The molecule has 0 bridgehead atoms. The largest absolute Gasteiger partial charge is 0.367 e. The Morgan fingerprint density at radius 2 is 2.56 bits per heavy atom. The van der Waals surface area contributed by atoms with E-state index in [-0.39, 0.29) is 5.12 Å². The molecule has 1 atom stereocenters. The maximum atomic E-state index is 10.4. The minimum Gasteiger partial charge on any atom is -0.367 e. The first-order chi connectivity index (χ1) is 4.20. The zero-order valence-corrected chi connectivity index (χ0v) is 5.22. The van der Waals surface area contributed by atoms with E-state index >= 15 is 0 Å². The Bertz CT molecular complexity index is 189. The molecule has 0 aromatic rings. The monoisotopic (exact) mass is 144 g/mol. The molecule has 1 heterocycles. The quantitative estimate of drug-likeness (QED) is 0.520. The van der Waals surface area contributed by atoms with Crippen molar-refractivity contribution >= 4 is 29.0 Å². The fourth-order valence-corrected chi connectivity index (χ4v) is 1.01. The minimum atomic E-state index is -0.683. The van der Waals surface area contributed by atoms with E-state index in [0.717, 1.165) is 18.0 Å². The van der Waals surface area contributed by atoms with Crippen molar-refractivity contribution in [3.8, 4) is 0 Å². The molecule has 0 spiro atoms. The molecule has 0 aromatic carbocycles. The molecule has 0 fully saturated rings. The van der Waals surface area contributed by atoms with E-state index < -0.39 is 11.3 Å². The first-order valence-electron chi connectivity index (χ1n) is 2.23. The number of aliphatic imine (C=N–C) groups is 1. The number of nitrogens with two attached hydrogens (primary N) is 1. The van der Waals surface area contributed by atoms with E-state index in [1.165, 1.54) is 0 Å². The average Bonchev–Trinajstić information content (AvgIpc) is 2.14. The summed E-state index contributed by atoms with van der Waals surface area (Å²) >= 11 is 0.838. The second kappa shape index (κ2) is 2.18. The Morgan fingerprint density at radius 1 is 1.89 bits per heavy atom. The minimum absolute atomic E-state index is 0.209. The standard InChI is InChI=1S/C4H4N2O2S/c5-3(8)4-6-1-2(7)9-4/h1,4H,(H2,5,8). The molecule has 1 aliphatic heterocycles. The molecule has 1 aliphatic rings. The average molecular weight is 144 g/mol. The molecule has 0 radical (unpaired) electrons. The number of hydrogen-bond acceptors (Lipinski definition) is 4. The normalized spacial score (nSPS) is 24.9. The Morgan fingerprint density at radius 3 is 2.78 bits per heavy atom. The summed E-state index contributed by atoms with van der Waals surface area (Å²) in [6, 6.07) is 0. The van der Waals surface area contributed by atoms with Crippen LogP contribution in [0, 0.1) is 0 Å². The fraction of sp³-hybridized carbons (Fsp3) is 0.250. The van der Waals surface area contributed by atoms with Crippen LogP contribution in [0.15, 0.2) is 4.99 Å². The van der Waals surface area contributed by atoms with Gasteiger partial charge in [0.2, 0.25) is 5.12 Å². The van der Waals surface area contributed by atoms with E-state index in [0.29, 0.717) is 0 Å². The predicted octanol–water partition coefficient (Wildman–Crippen LogP) is -0.858. The SMILES string of the molecule is NC(=O)C1N=CC(=O)S1. The van der Waals surface area contributed by atoms with Crippen molar-refractivity contribution in [1.82, 2.24) is 0 Å². The molecule has 1 unspecified atom stereocenters. The predicted molar refractivity (Wildman–Crippen MR) is 34.1 cm³/mol. The summed E-state index contributed by atoms with van der Waals surface area (Å²) in [5.74, 6) is -0.567. The number of rotatable bonds is 1. The molecule has 1 amide bonds. The van der Waals surface area contributed by atoms with Crippen LogP contribution < -0.4 is 5.73 Å². The van der Waals surface area contributed by atoms with E-state index in [1.54, 1.807) is 0 Å². The van der Waals surface area contributed by atoms with E-state index in [1.807, 2.05) is 0 Å². The number of amides is 1. The molecular weight excluding hydrogens is 140 g/mol. The van der Waals surface area contributed by atoms with Gasteiger partial charge in [-0.05, 0) is 11.8 Å². The molecule has 0 aliphatic carbocycles. The van der Waals surface area contributed by atoms with Gasteiger partial charge in [-0.2, -0.15) is 0 Å². The highest BCUT2D eigenvalue weighted by Crippen LogP contribution is 2.16. The molecule has 0 aromatic heterocycles. The second-order valence-corrected chi connectivity index (χ2v) is 2.55. The van der Waals surface area contributed by atoms with Crippen LogP contribution >= 0.6 is 11.8 Å². The third-order valence-electron chi connectivity index (χ3n) is 0.787. The second-order valence-electron chi connectivity index (χ2n) is 1.47. The lowest BCUT2D eigenvalue weighted by molar-refractivity contribution is -0.117. The third-order valence-corrected chi connectivity index (χ3v) is 1.70. The van der Waals surface area contributed by atoms with Crippen molar-refractivity contribution in [1.29, 1.82) is 0 Å². The van der Waals surface area contributed by atoms with Gasteiger partial charge in [0.05, 0.1) is 6.21 Å². The number of carbonyl (C=O) groups excluding carboxylic acids is 2. The number of hydrogen-bond donors (Lipinski definition) is 1. The zero-order chi connectivity index (χ0) is 6.85. The number of thioether (sulfide) groups is 1. The van der Waals surface area contributed by atoms with Crippen LogP contribution in [-0.2, 0) is 9.59 Å². The number of carbonyl (C=O) groups is 2. The van der Waals surface area contributed by atoms with Crippen LogP contribution in [0.5, 0.6) is 0 Å². The van der Waals surface area contributed by atoms with Crippen LogP contribution in [0.3, 0.4) is 0 Å². The van der Waals surface area contributed by atoms with Gasteiger partial charge in [-0.3, -0.25) is 14.6 Å². The summed E-state index contributed by atoms with van der Waals surface area (Å²) in [7, 11) is 0. The van der Waals surface area contributed by atoms with Gasteiger partial charge in [-0.25, -0.2) is 0 Å². The Balaban J connectivity index is 2.60. The Labute approximate surface area is 55.5 Å². The van der Waals surface area contributed by atoms with Crippen LogP contribution in [0.25, 0.3) is 0 Å². The molecular formula is C4H4N2O2S. The Kier molecular flexibility index (Phi) is 1.52. The van der Waals surface area contributed by atoms with Crippen molar-refractivity contribution in [3.05, 3.63) is 0 Å². The van der Waals surface area contributed by atoms with Crippen molar-refractivity contribution < 1.29 is 9.59 Å². The van der Waals surface area contributed by atoms with Gasteiger partial charge in [0.15, 0.2) is 5.37 Å². The van der Waals surface area contributed by atoms with Gasteiger partial charge in [0.1, 0.15) is 0 Å². The summed E-state index contributed by atoms with van der Waals surface area (Å²) in [4.78, 5) is 24.2. The molecule has 9 heavy (non-hydrogen) atoms. The molecule has 0 saturated heterocycles. The maximum Gasteiger partial charge on any atom is 0.253 e. The summed E-state index contributed by atoms with van der Waals surface area (Å²) in [5, 5.41) is -0.892. The maximum absolute atomic E-state index is 10.4. The lowest BCUT2D eigenvalue weighted by atomic mass is 10.6. The molecule has 4 nitrogen and oxygen atoms in total. The van der Waals surface area contributed by atoms with Crippen molar-refractivity contribution in [3.63, 3.8) is 0 Å². The van der Waals surface area contributed by atoms with Gasteiger partial charge in [0, 0.05) is 0 Å². The van der Waals surface area contributed by atoms with Crippen molar-refractivity contribution in [2.75, 3.05) is 0 Å². The molecule has 5 heteroatoms. The molecule has 48 valence electrons. The number of nitrogens with zero attached hydrogens (tertiary/aromatic N) is 1. The first kappa shape index (κ1) is 6.28. The van der Waals surface area contributed by atoms with Gasteiger partial charge in [-0.1, -0.05) is 0 Å². The highest BCUT2D eigenvalue weighted by molar-refractivity contribution is 8.16. The fourth-order valence-electron chi connectivity index (χ4n) is 0.431. The van der Waals surface area contributed by atoms with Crippen LogP contribution in [0.2, 0.25) is 0 Å². The highest BCUT2D eigenvalue weighted by Gasteiger charge is 2.22. The van der Waals surface area contributed by atoms with Gasteiger partial charge < -0.3 is 5.73 Å². The van der Waals surface area contributed by atoms with Crippen molar-refractivity contribution in [2.24, 2.45) is 10.7 Å². The van der Waals surface area contributed by atoms with Crippen LogP contribution in [0.4, 0.5) is 0 Å². The van der Waals surface area contributed by atoms with Gasteiger partial charge in [-0.15, -0.1) is 0 Å². The topological polar surface area (TPSA) is 72.5 Å². The van der Waals surface area contributed by atoms with E-state index in [9.17, 15) is 9.59 Å². The summed E-state index contributed by atoms with van der Waals surface area (Å²) in [6.07, 6.45) is 1.11. The molecule has 1 rings (SSSR count). The molecule has 2 N–H and O–H groups in total. The summed E-state index contributed by atoms with van der Waals surface area (Å²) in [5.41, 5.74) is 4.83. The summed E-state index contributed by atoms with van der Waals surface area (Å²) < 4.78 is 0. The number of primary amides is 1. The van der Waals surface area contributed by atoms with Crippen LogP contribution in [0.1, 0.15) is 0 Å². The highest BCUT2D eigenvalue weighted by atomic mass is 32.2. The smallest absolute Gasteiger partial charge is 0.253 e. The lowest BCUT2D eigenvalue weighted by Gasteiger charge is -1.94. The van der Waals surface area contributed by atoms with Crippen LogP contribution in [-0.4, -0.2) is 22.6 Å². The third kappa shape index (κ3) is 1.29. The molecule has 0 saturated carbocycles. The zero-order valence-electron chi connectivity index (χ0n) is 4.40. The van der Waals surface area contributed by atoms with Gasteiger partial charge in [0.25, 0.3) is 5.91 Å². The van der Waals surface area contributed by atoms with Crippen molar-refractivity contribution in [2.45, 2.75) is 5.37 Å². The lowest BCUT2D eigenvalue weighted by Crippen LogP contribution is -2.22. The van der Waals surface area contributed by atoms with Gasteiger partial charge >= 0.3 is 0 Å².